The lowest BCUT2D eigenvalue weighted by atomic mass is 9.77. The molecule has 0 bridgehead atoms. The predicted octanol–water partition coefficient (Wildman–Crippen LogP) is 8.41. The largest absolute Gasteiger partial charge is 0.507 e. The molecule has 0 aliphatic heterocycles. The lowest BCUT2D eigenvalue weighted by molar-refractivity contribution is 0.468. The minimum Gasteiger partial charge on any atom is -0.507 e. The Morgan fingerprint density at radius 3 is 1.16 bits per heavy atom. The summed E-state index contributed by atoms with van der Waals surface area (Å²) in [5.41, 5.74) is 5.53. The van der Waals surface area contributed by atoms with Crippen molar-refractivity contribution in [3.63, 3.8) is 0 Å². The number of fused-ring (bicyclic) bond motifs is 2. The van der Waals surface area contributed by atoms with Gasteiger partial charge in [-0.05, 0) is 121 Å². The van der Waals surface area contributed by atoms with Crippen molar-refractivity contribution in [2.24, 2.45) is 0 Å². The van der Waals surface area contributed by atoms with Gasteiger partial charge in [0.2, 0.25) is 0 Å². The van der Waals surface area contributed by atoms with E-state index in [1.807, 2.05) is 0 Å². The van der Waals surface area contributed by atoms with E-state index in [1.165, 1.54) is 24.3 Å². The zero-order valence-electron chi connectivity index (χ0n) is 20.7. The third kappa shape index (κ3) is 4.22. The Morgan fingerprint density at radius 1 is 0.447 bits per heavy atom. The van der Waals surface area contributed by atoms with Crippen LogP contribution in [-0.4, -0.2) is 10.2 Å². The summed E-state index contributed by atoms with van der Waals surface area (Å²) in [7, 11) is 0. The number of halogens is 4. The van der Waals surface area contributed by atoms with Gasteiger partial charge in [-0.25, -0.2) is 17.6 Å². The highest BCUT2D eigenvalue weighted by Gasteiger charge is 2.29. The zero-order valence-corrected chi connectivity index (χ0v) is 20.7. The fraction of sp³-hybridized carbons (Fsp3) is 0.250. The summed E-state index contributed by atoms with van der Waals surface area (Å²) in [4.78, 5) is 0. The quantitative estimate of drug-likeness (QED) is 0.267. The summed E-state index contributed by atoms with van der Waals surface area (Å²) < 4.78 is 56.7. The molecule has 6 heteroatoms. The molecule has 4 aromatic carbocycles. The van der Waals surface area contributed by atoms with E-state index in [-0.39, 0.29) is 33.8 Å². The van der Waals surface area contributed by atoms with Crippen molar-refractivity contribution in [1.82, 2.24) is 0 Å². The number of phenolic OH excluding ortho intramolecular Hbond substituents is 2. The normalized spacial score (nSPS) is 14.7. The van der Waals surface area contributed by atoms with Gasteiger partial charge in [0.25, 0.3) is 0 Å². The molecule has 2 aliphatic carbocycles. The Balaban J connectivity index is 1.69. The Labute approximate surface area is 218 Å². The van der Waals surface area contributed by atoms with Crippen LogP contribution in [0.1, 0.15) is 47.9 Å². The van der Waals surface area contributed by atoms with Crippen LogP contribution < -0.4 is 0 Å². The van der Waals surface area contributed by atoms with E-state index >= 15 is 0 Å². The van der Waals surface area contributed by atoms with Gasteiger partial charge < -0.3 is 10.2 Å². The molecule has 38 heavy (non-hydrogen) atoms. The number of aromatic hydroxyl groups is 2. The Kier molecular flexibility index (Phi) is 6.13. The van der Waals surface area contributed by atoms with Crippen LogP contribution in [0.5, 0.6) is 11.5 Å². The minimum atomic E-state index is -0.756. The molecule has 0 spiro atoms. The Bertz CT molecular complexity index is 1430. The highest BCUT2D eigenvalue weighted by Crippen LogP contribution is 2.52. The van der Waals surface area contributed by atoms with Crippen LogP contribution in [0.2, 0.25) is 0 Å². The average Bonchev–Trinajstić information content (AvgIpc) is 2.87. The van der Waals surface area contributed by atoms with Crippen molar-refractivity contribution >= 4 is 0 Å². The first kappa shape index (κ1) is 24.5. The molecule has 0 fully saturated rings. The third-order valence-electron chi connectivity index (χ3n) is 7.84. The number of aryl methyl sites for hydroxylation is 2. The first-order valence-electron chi connectivity index (χ1n) is 13.0. The maximum absolute atomic E-state index is 14.2. The number of phenols is 2. The van der Waals surface area contributed by atoms with Crippen molar-refractivity contribution in [2.45, 2.75) is 51.4 Å². The van der Waals surface area contributed by atoms with Gasteiger partial charge in [-0.15, -0.1) is 0 Å². The summed E-state index contributed by atoms with van der Waals surface area (Å²) in [5, 5.41) is 23.5. The van der Waals surface area contributed by atoms with Gasteiger partial charge in [0, 0.05) is 34.4 Å². The highest BCUT2D eigenvalue weighted by atomic mass is 19.1. The van der Waals surface area contributed by atoms with Gasteiger partial charge in [-0.3, -0.25) is 0 Å². The van der Waals surface area contributed by atoms with Crippen LogP contribution in [0, 0.1) is 23.3 Å². The summed E-state index contributed by atoms with van der Waals surface area (Å²) in [5.74, 6) is -3.35. The summed E-state index contributed by atoms with van der Waals surface area (Å²) >= 11 is 0. The molecule has 0 unspecified atom stereocenters. The Hall–Kier alpha value is -3.80. The second-order valence-electron chi connectivity index (χ2n) is 10.3. The molecule has 0 heterocycles. The van der Waals surface area contributed by atoms with E-state index in [4.69, 9.17) is 0 Å². The van der Waals surface area contributed by atoms with Crippen LogP contribution in [-0.2, 0) is 25.7 Å². The number of rotatable bonds is 3. The van der Waals surface area contributed by atoms with Gasteiger partial charge in [0.15, 0.2) is 0 Å². The van der Waals surface area contributed by atoms with E-state index in [9.17, 15) is 27.8 Å². The van der Waals surface area contributed by atoms with Crippen molar-refractivity contribution in [1.29, 1.82) is 0 Å². The molecule has 0 amide bonds. The minimum absolute atomic E-state index is 0.165. The lowest BCUT2D eigenvalue weighted by Gasteiger charge is -2.28. The molecule has 0 radical (unpaired) electrons. The summed E-state index contributed by atoms with van der Waals surface area (Å²) in [6.07, 6.45) is 6.44. The predicted molar refractivity (Wildman–Crippen MR) is 139 cm³/mol. The first-order chi connectivity index (χ1) is 18.3. The lowest BCUT2D eigenvalue weighted by Crippen LogP contribution is -2.10. The summed E-state index contributed by atoms with van der Waals surface area (Å²) in [6.45, 7) is 0. The second-order valence-corrected chi connectivity index (χ2v) is 10.3. The smallest absolute Gasteiger partial charge is 0.131 e. The SMILES string of the molecule is Oc1c(-c2cc(F)cc(F)c2)cc2c(c1-c1c(O)c(-c3cc(F)cc(F)c3)cc3c1CCCC3)CCCC2. The van der Waals surface area contributed by atoms with Gasteiger partial charge in [-0.2, -0.15) is 0 Å². The fourth-order valence-electron chi connectivity index (χ4n) is 6.18. The Morgan fingerprint density at radius 2 is 0.789 bits per heavy atom. The topological polar surface area (TPSA) is 40.5 Å². The highest BCUT2D eigenvalue weighted by molar-refractivity contribution is 5.93. The van der Waals surface area contributed by atoms with Crippen molar-refractivity contribution in [3.8, 4) is 44.9 Å². The molecule has 2 nitrogen and oxygen atoms in total. The maximum Gasteiger partial charge on any atom is 0.131 e. The van der Waals surface area contributed by atoms with E-state index < -0.39 is 23.3 Å². The van der Waals surface area contributed by atoms with Crippen LogP contribution >= 0.6 is 0 Å². The van der Waals surface area contributed by atoms with Gasteiger partial charge >= 0.3 is 0 Å². The maximum atomic E-state index is 14.2. The fourth-order valence-corrected chi connectivity index (χ4v) is 6.18. The van der Waals surface area contributed by atoms with Crippen LogP contribution in [0.4, 0.5) is 17.6 Å². The number of benzene rings is 4. The van der Waals surface area contributed by atoms with Crippen molar-refractivity contribution in [2.75, 3.05) is 0 Å². The molecule has 0 saturated carbocycles. The summed E-state index contributed by atoms with van der Waals surface area (Å²) in [6, 6.07) is 9.86. The molecular formula is C32H26F4O2. The van der Waals surface area contributed by atoms with Crippen molar-refractivity contribution < 1.29 is 27.8 Å². The number of hydrogen-bond acceptors (Lipinski definition) is 2. The van der Waals surface area contributed by atoms with Crippen LogP contribution in [0.15, 0.2) is 48.5 Å². The van der Waals surface area contributed by atoms with Gasteiger partial charge in [0.05, 0.1) is 0 Å². The molecule has 0 aromatic heterocycles. The van der Waals surface area contributed by atoms with Gasteiger partial charge in [0.1, 0.15) is 34.8 Å². The first-order valence-corrected chi connectivity index (χ1v) is 13.0. The molecule has 0 atom stereocenters. The molecule has 2 aliphatic rings. The van der Waals surface area contributed by atoms with Crippen LogP contribution in [0.3, 0.4) is 0 Å². The van der Waals surface area contributed by atoms with Crippen molar-refractivity contribution in [3.05, 3.63) is 94.1 Å². The average molecular weight is 519 g/mol. The molecule has 6 rings (SSSR count). The second kappa shape index (κ2) is 9.50. The van der Waals surface area contributed by atoms with E-state index in [0.29, 0.717) is 24.0 Å². The number of hydrogen-bond donors (Lipinski definition) is 2. The van der Waals surface area contributed by atoms with E-state index in [1.54, 1.807) is 12.1 Å². The molecule has 194 valence electrons. The van der Waals surface area contributed by atoms with E-state index in [0.717, 1.165) is 72.9 Å². The monoisotopic (exact) mass is 518 g/mol. The third-order valence-corrected chi connectivity index (χ3v) is 7.84. The van der Waals surface area contributed by atoms with E-state index in [2.05, 4.69) is 0 Å². The zero-order chi connectivity index (χ0) is 26.6. The van der Waals surface area contributed by atoms with Gasteiger partial charge in [-0.1, -0.05) is 0 Å². The molecule has 2 N–H and O–H groups in total. The van der Waals surface area contributed by atoms with Crippen LogP contribution in [0.25, 0.3) is 33.4 Å². The molecule has 4 aromatic rings. The molecular weight excluding hydrogens is 492 g/mol. The molecule has 0 saturated heterocycles. The standard InChI is InChI=1S/C32H26F4O2/c33-21-9-19(10-22(34)15-21)27-13-17-5-1-3-7-25(17)29(31(27)37)30-26-8-4-2-6-18(26)14-28(32(30)38)20-11-23(35)16-24(36)12-20/h9-16,37-38H,1-8H2.